The molecule has 0 spiro atoms. The summed E-state index contributed by atoms with van der Waals surface area (Å²) in [5.41, 5.74) is 0. The highest BCUT2D eigenvalue weighted by Gasteiger charge is 2.34. The van der Waals surface area contributed by atoms with Crippen molar-refractivity contribution in [1.29, 1.82) is 0 Å². The lowest BCUT2D eigenvalue weighted by molar-refractivity contribution is -0.162. The van der Waals surface area contributed by atoms with Gasteiger partial charge in [0.1, 0.15) is 6.54 Å². The van der Waals surface area contributed by atoms with E-state index in [2.05, 4.69) is 4.72 Å². The first kappa shape index (κ1) is 21.2. The molecule has 1 aliphatic rings. The number of nitrogens with one attached hydrogen (secondary N) is 1. The van der Waals surface area contributed by atoms with Gasteiger partial charge < -0.3 is 4.90 Å². The van der Waals surface area contributed by atoms with E-state index in [1.807, 2.05) is 0 Å². The first-order valence-corrected chi connectivity index (χ1v) is 9.79. The maximum Gasteiger partial charge on any atom is 0.406 e. The molecule has 142 valence electrons. The van der Waals surface area contributed by atoms with Gasteiger partial charge >= 0.3 is 6.18 Å². The summed E-state index contributed by atoms with van der Waals surface area (Å²) >= 11 is 0. The largest absolute Gasteiger partial charge is 0.406 e. The quantitative estimate of drug-likeness (QED) is 0.724. The van der Waals surface area contributed by atoms with Crippen molar-refractivity contribution in [2.45, 2.75) is 38.9 Å². The molecule has 1 amide bonds. The number of carbonyl (C=O) groups excluding carboxylic acids is 1. The van der Waals surface area contributed by atoms with Crippen LogP contribution in [0, 0.1) is 5.92 Å². The number of hydrogen-bond donors (Lipinski definition) is 1. The van der Waals surface area contributed by atoms with Gasteiger partial charge in [0.15, 0.2) is 0 Å². The molecule has 1 fully saturated rings. The highest BCUT2D eigenvalue weighted by molar-refractivity contribution is 7.88. The van der Waals surface area contributed by atoms with E-state index in [0.717, 1.165) is 11.2 Å². The van der Waals surface area contributed by atoms with Crippen LogP contribution in [0.5, 0.6) is 0 Å². The van der Waals surface area contributed by atoms with E-state index in [9.17, 15) is 26.4 Å². The van der Waals surface area contributed by atoms with Crippen LogP contribution < -0.4 is 4.72 Å². The second-order valence-electron chi connectivity index (χ2n) is 6.72. The predicted octanol–water partition coefficient (Wildman–Crippen LogP) is 1.05. The van der Waals surface area contributed by atoms with Crippen LogP contribution in [0.25, 0.3) is 0 Å². The highest BCUT2D eigenvalue weighted by Crippen LogP contribution is 2.18. The Balaban J connectivity index is 2.53. The molecule has 0 aromatic rings. The van der Waals surface area contributed by atoms with Gasteiger partial charge in [0, 0.05) is 25.7 Å². The molecule has 1 heterocycles. The smallest absolute Gasteiger partial charge is 0.332 e. The molecule has 0 radical (unpaired) electrons. The van der Waals surface area contributed by atoms with Crippen molar-refractivity contribution in [3.8, 4) is 0 Å². The third-order valence-corrected chi connectivity index (χ3v) is 4.40. The van der Waals surface area contributed by atoms with E-state index in [0.29, 0.717) is 25.9 Å². The van der Waals surface area contributed by atoms with E-state index in [1.54, 1.807) is 18.7 Å². The second kappa shape index (κ2) is 8.48. The van der Waals surface area contributed by atoms with Gasteiger partial charge in [0.2, 0.25) is 15.9 Å². The number of halogens is 3. The predicted molar refractivity (Wildman–Crippen MR) is 84.9 cm³/mol. The minimum atomic E-state index is -4.42. The van der Waals surface area contributed by atoms with Crippen molar-refractivity contribution in [3.63, 3.8) is 0 Å². The number of hydrogen-bond acceptors (Lipinski definition) is 4. The van der Waals surface area contributed by atoms with Crippen molar-refractivity contribution in [1.82, 2.24) is 14.5 Å². The maximum atomic E-state index is 12.6. The van der Waals surface area contributed by atoms with Gasteiger partial charge in [-0.3, -0.25) is 9.69 Å². The summed E-state index contributed by atoms with van der Waals surface area (Å²) in [4.78, 5) is 14.8. The number of rotatable bonds is 7. The molecule has 10 heteroatoms. The molecule has 1 N–H and O–H groups in total. The van der Waals surface area contributed by atoms with Crippen LogP contribution >= 0.6 is 0 Å². The minimum Gasteiger partial charge on any atom is -0.332 e. The topological polar surface area (TPSA) is 69.7 Å². The fourth-order valence-corrected chi connectivity index (χ4v) is 3.56. The Kier molecular flexibility index (Phi) is 7.48. The van der Waals surface area contributed by atoms with E-state index in [-0.39, 0.29) is 25.0 Å². The van der Waals surface area contributed by atoms with Gasteiger partial charge in [0.05, 0.1) is 12.8 Å². The molecule has 1 rings (SSSR count). The van der Waals surface area contributed by atoms with Gasteiger partial charge in [-0.15, -0.1) is 0 Å². The van der Waals surface area contributed by atoms with Crippen molar-refractivity contribution in [3.05, 3.63) is 0 Å². The fraction of sp³-hybridized carbons (Fsp3) is 0.929. The van der Waals surface area contributed by atoms with E-state index >= 15 is 0 Å². The molecule has 0 unspecified atom stereocenters. The molecular formula is C14H26F3N3O3S. The normalized spacial score (nSPS) is 18.1. The number of alkyl halides is 3. The molecule has 0 aromatic heterocycles. The zero-order chi connectivity index (χ0) is 18.5. The number of nitrogens with zero attached hydrogens (tertiary/aromatic N) is 2. The van der Waals surface area contributed by atoms with Crippen LogP contribution in [0.3, 0.4) is 0 Å². The summed E-state index contributed by atoms with van der Waals surface area (Å²) in [6, 6.07) is -0.187. The van der Waals surface area contributed by atoms with Crippen LogP contribution in [0.1, 0.15) is 26.7 Å². The third kappa shape index (κ3) is 8.84. The van der Waals surface area contributed by atoms with Crippen molar-refractivity contribution >= 4 is 15.9 Å². The van der Waals surface area contributed by atoms with Gasteiger partial charge in [-0.2, -0.15) is 13.2 Å². The highest BCUT2D eigenvalue weighted by atomic mass is 32.2. The molecule has 24 heavy (non-hydrogen) atoms. The van der Waals surface area contributed by atoms with E-state index in [4.69, 9.17) is 0 Å². The second-order valence-corrected chi connectivity index (χ2v) is 8.50. The third-order valence-electron chi connectivity index (χ3n) is 3.64. The zero-order valence-electron chi connectivity index (χ0n) is 14.3. The van der Waals surface area contributed by atoms with Crippen LogP contribution in [0.2, 0.25) is 0 Å². The summed E-state index contributed by atoms with van der Waals surface area (Å²) in [5.74, 6) is -0.600. The van der Waals surface area contributed by atoms with E-state index in [1.165, 1.54) is 0 Å². The van der Waals surface area contributed by atoms with Crippen LogP contribution in [-0.2, 0) is 14.8 Å². The van der Waals surface area contributed by atoms with Crippen LogP contribution in [0.4, 0.5) is 13.2 Å². The van der Waals surface area contributed by atoms with Gasteiger partial charge in [-0.25, -0.2) is 13.1 Å². The first-order valence-electron chi connectivity index (χ1n) is 7.90. The SMILES string of the molecule is CC(C)CN(CC(F)(F)F)C(=O)CN1CCC(NS(C)(=O)=O)CC1. The summed E-state index contributed by atoms with van der Waals surface area (Å²) in [5, 5.41) is 0. The Hall–Kier alpha value is -0.870. The standard InChI is InChI=1S/C14H26F3N3O3S/c1-11(2)8-20(10-14(15,16)17)13(21)9-19-6-4-12(5-7-19)18-24(3,22)23/h11-12,18H,4-10H2,1-3H3. The van der Waals surface area contributed by atoms with Crippen LogP contribution in [-0.4, -0.2) is 75.3 Å². The van der Waals surface area contributed by atoms with Gasteiger partial charge in [-0.05, 0) is 18.8 Å². The molecule has 0 bridgehead atoms. The van der Waals surface area contributed by atoms with Gasteiger partial charge in [-0.1, -0.05) is 13.8 Å². The monoisotopic (exact) mass is 373 g/mol. The Bertz CT molecular complexity index is 515. The summed E-state index contributed by atoms with van der Waals surface area (Å²) < 4.78 is 62.8. The fourth-order valence-electron chi connectivity index (χ4n) is 2.71. The molecule has 0 aromatic carbocycles. The number of carbonyl (C=O) groups is 1. The van der Waals surface area contributed by atoms with Gasteiger partial charge in [0.25, 0.3) is 0 Å². The molecule has 1 aliphatic heterocycles. The lowest BCUT2D eigenvalue weighted by Gasteiger charge is -2.33. The Morgan fingerprint density at radius 2 is 1.83 bits per heavy atom. The molecule has 0 saturated carbocycles. The number of sulfonamides is 1. The van der Waals surface area contributed by atoms with Crippen LogP contribution in [0.15, 0.2) is 0 Å². The summed E-state index contributed by atoms with van der Waals surface area (Å²) in [7, 11) is -3.28. The molecule has 1 saturated heterocycles. The van der Waals surface area contributed by atoms with Crippen molar-refractivity contribution in [2.24, 2.45) is 5.92 Å². The van der Waals surface area contributed by atoms with E-state index < -0.39 is 28.7 Å². The Morgan fingerprint density at radius 3 is 2.25 bits per heavy atom. The Labute approximate surface area is 141 Å². The molecular weight excluding hydrogens is 347 g/mol. The lowest BCUT2D eigenvalue weighted by Crippen LogP contribution is -2.49. The number of likely N-dealkylation sites (tertiary alicyclic amines) is 1. The van der Waals surface area contributed by atoms with Crippen molar-refractivity contribution in [2.75, 3.05) is 39.0 Å². The summed E-state index contributed by atoms with van der Waals surface area (Å²) in [6.45, 7) is 3.22. The molecule has 6 nitrogen and oxygen atoms in total. The molecule has 0 aliphatic carbocycles. The first-order chi connectivity index (χ1) is 10.9. The Morgan fingerprint density at radius 1 is 1.29 bits per heavy atom. The zero-order valence-corrected chi connectivity index (χ0v) is 15.1. The average Bonchev–Trinajstić information content (AvgIpc) is 2.36. The number of piperidine rings is 1. The lowest BCUT2D eigenvalue weighted by atomic mass is 10.1. The molecule has 0 atom stereocenters. The maximum absolute atomic E-state index is 12.6. The number of amides is 1. The minimum absolute atomic E-state index is 0.0546. The summed E-state index contributed by atoms with van der Waals surface area (Å²) in [6.07, 6.45) is -2.27. The van der Waals surface area contributed by atoms with Crippen molar-refractivity contribution < 1.29 is 26.4 Å². The average molecular weight is 373 g/mol.